The molecule has 1 heterocycles. The van der Waals surface area contributed by atoms with Crippen molar-refractivity contribution in [2.75, 3.05) is 0 Å². The van der Waals surface area contributed by atoms with Crippen LogP contribution in [-0.4, -0.2) is 9.97 Å². The first-order chi connectivity index (χ1) is 5.36. The van der Waals surface area contributed by atoms with E-state index in [1.807, 2.05) is 6.07 Å². The Morgan fingerprint density at radius 2 is 2.18 bits per heavy atom. The molecule has 2 rings (SSSR count). The minimum atomic E-state index is 0.557. The molecule has 0 aromatic carbocycles. The lowest BCUT2D eigenvalue weighted by Crippen LogP contribution is -2.10. The molecule has 11 heavy (non-hydrogen) atoms. The molecule has 1 aliphatic carbocycles. The minimum Gasteiger partial charge on any atom is -0.241 e. The Hall–Kier alpha value is -0.630. The first kappa shape index (κ1) is 7.04. The smallest absolute Gasteiger partial charge is 0.132 e. The number of hydrogen-bond acceptors (Lipinski definition) is 2. The molecule has 0 amide bonds. The van der Waals surface area contributed by atoms with Crippen LogP contribution >= 0.6 is 11.6 Å². The lowest BCUT2D eigenvalue weighted by atomic mass is 9.83. The van der Waals surface area contributed by atoms with Gasteiger partial charge in [0.25, 0.3) is 0 Å². The van der Waals surface area contributed by atoms with Gasteiger partial charge in [0.05, 0.1) is 0 Å². The Kier molecular flexibility index (Phi) is 1.78. The summed E-state index contributed by atoms with van der Waals surface area (Å²) < 4.78 is 0. The highest BCUT2D eigenvalue weighted by atomic mass is 35.5. The highest BCUT2D eigenvalue weighted by Crippen LogP contribution is 2.35. The quantitative estimate of drug-likeness (QED) is 0.602. The van der Waals surface area contributed by atoms with E-state index < -0.39 is 0 Å². The average Bonchev–Trinajstić information content (AvgIpc) is 1.83. The van der Waals surface area contributed by atoms with E-state index in [2.05, 4.69) is 9.97 Å². The van der Waals surface area contributed by atoms with Crippen molar-refractivity contribution in [2.45, 2.75) is 25.2 Å². The van der Waals surface area contributed by atoms with Gasteiger partial charge in [-0.05, 0) is 18.9 Å². The summed E-state index contributed by atoms with van der Waals surface area (Å²) in [5, 5.41) is 0.557. The van der Waals surface area contributed by atoms with Crippen molar-refractivity contribution in [3.63, 3.8) is 0 Å². The Bertz CT molecular complexity index is 258. The maximum Gasteiger partial charge on any atom is 0.132 e. The van der Waals surface area contributed by atoms with Gasteiger partial charge in [0.15, 0.2) is 0 Å². The van der Waals surface area contributed by atoms with Crippen LogP contribution in [-0.2, 0) is 0 Å². The molecule has 1 aromatic heterocycles. The van der Waals surface area contributed by atoms with Gasteiger partial charge >= 0.3 is 0 Å². The molecule has 1 fully saturated rings. The first-order valence-corrected chi connectivity index (χ1v) is 4.21. The molecule has 2 nitrogen and oxygen atoms in total. The average molecular weight is 169 g/mol. The second-order valence-corrected chi connectivity index (χ2v) is 3.28. The lowest BCUT2D eigenvalue weighted by molar-refractivity contribution is 0.410. The van der Waals surface area contributed by atoms with E-state index in [9.17, 15) is 0 Å². The normalized spacial score (nSPS) is 17.9. The number of hydrogen-bond donors (Lipinski definition) is 0. The third-order valence-electron chi connectivity index (χ3n) is 2.18. The van der Waals surface area contributed by atoms with E-state index in [0.29, 0.717) is 11.1 Å². The largest absolute Gasteiger partial charge is 0.241 e. The summed E-state index contributed by atoms with van der Waals surface area (Å²) in [6, 6.07) is 1.87. The fraction of sp³-hybridized carbons (Fsp3) is 0.500. The first-order valence-electron chi connectivity index (χ1n) is 3.84. The molecule has 0 bridgehead atoms. The van der Waals surface area contributed by atoms with E-state index in [-0.39, 0.29) is 0 Å². The van der Waals surface area contributed by atoms with Crippen LogP contribution in [0.15, 0.2) is 12.4 Å². The Labute approximate surface area is 70.6 Å². The summed E-state index contributed by atoms with van der Waals surface area (Å²) in [6.45, 7) is 0. The van der Waals surface area contributed by atoms with Gasteiger partial charge < -0.3 is 0 Å². The monoisotopic (exact) mass is 168 g/mol. The third-order valence-corrected chi connectivity index (χ3v) is 2.39. The van der Waals surface area contributed by atoms with E-state index in [4.69, 9.17) is 11.6 Å². The van der Waals surface area contributed by atoms with Crippen LogP contribution in [0.3, 0.4) is 0 Å². The van der Waals surface area contributed by atoms with Gasteiger partial charge in [-0.3, -0.25) is 0 Å². The lowest BCUT2D eigenvalue weighted by Gasteiger charge is -2.24. The predicted molar refractivity (Wildman–Crippen MR) is 43.6 cm³/mol. The molecule has 58 valence electrons. The number of aromatic nitrogens is 2. The van der Waals surface area contributed by atoms with Crippen LogP contribution in [0.5, 0.6) is 0 Å². The van der Waals surface area contributed by atoms with Crippen molar-refractivity contribution in [3.05, 3.63) is 23.2 Å². The van der Waals surface area contributed by atoms with E-state index in [0.717, 1.165) is 5.69 Å². The van der Waals surface area contributed by atoms with E-state index >= 15 is 0 Å². The maximum absolute atomic E-state index is 5.72. The van der Waals surface area contributed by atoms with Crippen molar-refractivity contribution >= 4 is 11.6 Å². The van der Waals surface area contributed by atoms with Crippen LogP contribution in [0.2, 0.25) is 5.15 Å². The van der Waals surface area contributed by atoms with Crippen molar-refractivity contribution in [2.24, 2.45) is 0 Å². The zero-order chi connectivity index (χ0) is 7.68. The Balaban J connectivity index is 2.23. The molecule has 0 radical (unpaired) electrons. The highest BCUT2D eigenvalue weighted by Gasteiger charge is 2.20. The molecular weight excluding hydrogens is 160 g/mol. The molecule has 0 aliphatic heterocycles. The summed E-state index contributed by atoms with van der Waals surface area (Å²) in [7, 11) is 0. The van der Waals surface area contributed by atoms with Gasteiger partial charge in [-0.15, -0.1) is 0 Å². The minimum absolute atomic E-state index is 0.557. The third kappa shape index (κ3) is 1.36. The summed E-state index contributed by atoms with van der Waals surface area (Å²) >= 11 is 5.72. The van der Waals surface area contributed by atoms with Crippen molar-refractivity contribution < 1.29 is 0 Å². The molecule has 0 spiro atoms. The van der Waals surface area contributed by atoms with E-state index in [1.54, 1.807) is 0 Å². The zero-order valence-electron chi connectivity index (χ0n) is 6.13. The molecule has 1 aliphatic rings. The summed E-state index contributed by atoms with van der Waals surface area (Å²) in [6.07, 6.45) is 5.38. The van der Waals surface area contributed by atoms with Crippen molar-refractivity contribution in [1.29, 1.82) is 0 Å². The highest BCUT2D eigenvalue weighted by molar-refractivity contribution is 6.29. The maximum atomic E-state index is 5.72. The van der Waals surface area contributed by atoms with E-state index in [1.165, 1.54) is 25.6 Å². The second kappa shape index (κ2) is 2.78. The molecule has 1 saturated carbocycles. The van der Waals surface area contributed by atoms with Gasteiger partial charge in [-0.25, -0.2) is 9.97 Å². The molecule has 3 heteroatoms. The SMILES string of the molecule is Clc1cc(C2CCC2)ncn1. The molecular formula is C8H9ClN2. The number of nitrogens with zero attached hydrogens (tertiary/aromatic N) is 2. The van der Waals surface area contributed by atoms with Crippen LogP contribution in [0.4, 0.5) is 0 Å². The number of halogens is 1. The fourth-order valence-electron chi connectivity index (χ4n) is 1.27. The van der Waals surface area contributed by atoms with Gasteiger partial charge in [0.1, 0.15) is 11.5 Å². The van der Waals surface area contributed by atoms with Crippen molar-refractivity contribution in [1.82, 2.24) is 9.97 Å². The van der Waals surface area contributed by atoms with Crippen LogP contribution in [0.25, 0.3) is 0 Å². The molecule has 0 atom stereocenters. The fourth-order valence-corrected chi connectivity index (χ4v) is 1.43. The van der Waals surface area contributed by atoms with Crippen LogP contribution in [0.1, 0.15) is 30.9 Å². The number of rotatable bonds is 1. The topological polar surface area (TPSA) is 25.8 Å². The van der Waals surface area contributed by atoms with Gasteiger partial charge in [-0.2, -0.15) is 0 Å². The van der Waals surface area contributed by atoms with Crippen LogP contribution in [0, 0.1) is 0 Å². The zero-order valence-corrected chi connectivity index (χ0v) is 6.88. The molecule has 1 aromatic rings. The Morgan fingerprint density at radius 1 is 1.36 bits per heavy atom. The molecule has 0 saturated heterocycles. The summed E-state index contributed by atoms with van der Waals surface area (Å²) in [5.41, 5.74) is 1.11. The summed E-state index contributed by atoms with van der Waals surface area (Å²) in [4.78, 5) is 8.00. The predicted octanol–water partition coefficient (Wildman–Crippen LogP) is 2.40. The molecule has 0 unspecified atom stereocenters. The van der Waals surface area contributed by atoms with Gasteiger partial charge in [-0.1, -0.05) is 18.0 Å². The van der Waals surface area contributed by atoms with Gasteiger partial charge in [0.2, 0.25) is 0 Å². The summed E-state index contributed by atoms with van der Waals surface area (Å²) in [5.74, 6) is 0.649. The molecule has 0 N–H and O–H groups in total. The Morgan fingerprint density at radius 3 is 2.73 bits per heavy atom. The van der Waals surface area contributed by atoms with Crippen molar-refractivity contribution in [3.8, 4) is 0 Å². The van der Waals surface area contributed by atoms with Gasteiger partial charge in [0, 0.05) is 11.6 Å². The second-order valence-electron chi connectivity index (χ2n) is 2.89. The standard InChI is InChI=1S/C8H9ClN2/c9-8-4-7(10-5-11-8)6-2-1-3-6/h4-6H,1-3H2. The van der Waals surface area contributed by atoms with Crippen LogP contribution < -0.4 is 0 Å².